The van der Waals surface area contributed by atoms with Crippen LogP contribution >= 0.6 is 0 Å². The van der Waals surface area contributed by atoms with Crippen LogP contribution in [0.15, 0.2) is 59.8 Å². The van der Waals surface area contributed by atoms with Crippen molar-refractivity contribution in [3.05, 3.63) is 71.5 Å². The molecule has 0 unspecified atom stereocenters. The van der Waals surface area contributed by atoms with Crippen molar-refractivity contribution in [3.8, 4) is 0 Å². The highest BCUT2D eigenvalue weighted by molar-refractivity contribution is 6.74. The van der Waals surface area contributed by atoms with E-state index < -0.39 is 20.5 Å². The molecule has 3 rings (SSSR count). The number of halogens is 1. The lowest BCUT2D eigenvalue weighted by atomic mass is 10.0. The lowest BCUT2D eigenvalue weighted by Gasteiger charge is -2.33. The van der Waals surface area contributed by atoms with Crippen LogP contribution in [0.5, 0.6) is 0 Å². The number of cyclic esters (lactones) is 1. The highest BCUT2D eigenvalue weighted by Gasteiger charge is 2.40. The monoisotopic (exact) mass is 484 g/mol. The number of rotatable bonds is 8. The van der Waals surface area contributed by atoms with Gasteiger partial charge in [0.2, 0.25) is 5.91 Å². The molecule has 1 aliphatic rings. The van der Waals surface area contributed by atoms with Crippen LogP contribution in [-0.4, -0.2) is 37.5 Å². The molecule has 2 amide bonds. The van der Waals surface area contributed by atoms with Crippen molar-refractivity contribution in [3.63, 3.8) is 0 Å². The highest BCUT2D eigenvalue weighted by Crippen LogP contribution is 2.37. The van der Waals surface area contributed by atoms with Crippen LogP contribution in [0.25, 0.3) is 0 Å². The molecule has 2 aromatic carbocycles. The fraction of sp³-hybridized carbons (Fsp3) is 0.423. The summed E-state index contributed by atoms with van der Waals surface area (Å²) in [5, 5.41) is 4.45. The number of nitrogens with zero attached hydrogens (tertiary/aromatic N) is 2. The van der Waals surface area contributed by atoms with Crippen LogP contribution in [0, 0.1) is 5.82 Å². The zero-order valence-corrected chi connectivity index (χ0v) is 21.5. The molecular weight excluding hydrogens is 451 g/mol. The topological polar surface area (TPSA) is 68.2 Å². The second kappa shape index (κ2) is 10.5. The lowest BCUT2D eigenvalue weighted by Crippen LogP contribution is -2.39. The molecule has 1 heterocycles. The fourth-order valence-corrected chi connectivity index (χ4v) is 3.95. The number of ether oxygens (including phenoxy) is 1. The Morgan fingerprint density at radius 1 is 1.12 bits per heavy atom. The van der Waals surface area contributed by atoms with Crippen LogP contribution in [0.1, 0.15) is 57.2 Å². The first kappa shape index (κ1) is 25.6. The minimum Gasteiger partial charge on any atom is -0.455 e. The van der Waals surface area contributed by atoms with Crippen LogP contribution in [0.2, 0.25) is 18.1 Å². The van der Waals surface area contributed by atoms with E-state index in [4.69, 9.17) is 9.26 Å². The summed E-state index contributed by atoms with van der Waals surface area (Å²) in [5.41, 5.74) is 2.26. The number of amides is 2. The van der Waals surface area contributed by atoms with E-state index in [1.807, 2.05) is 30.3 Å². The normalized spacial score (nSPS) is 17.0. The van der Waals surface area contributed by atoms with Gasteiger partial charge in [0.25, 0.3) is 8.32 Å². The molecule has 0 radical (unpaired) electrons. The minimum atomic E-state index is -2.15. The molecule has 2 aromatic rings. The van der Waals surface area contributed by atoms with E-state index in [-0.39, 0.29) is 29.8 Å². The third kappa shape index (κ3) is 6.11. The van der Waals surface area contributed by atoms with Gasteiger partial charge in [-0.3, -0.25) is 4.79 Å². The average Bonchev–Trinajstić information content (AvgIpc) is 3.18. The van der Waals surface area contributed by atoms with Crippen molar-refractivity contribution >= 4 is 26.0 Å². The maximum absolute atomic E-state index is 13.5. The summed E-state index contributed by atoms with van der Waals surface area (Å²) >= 11 is 0. The summed E-state index contributed by atoms with van der Waals surface area (Å²) in [6.45, 7) is 10.7. The molecule has 0 saturated carbocycles. The number of oxime groups is 1. The van der Waals surface area contributed by atoms with Gasteiger partial charge in [0.1, 0.15) is 18.5 Å². The minimum absolute atomic E-state index is 0.0249. The Labute approximate surface area is 201 Å². The molecule has 8 heteroatoms. The molecule has 0 spiro atoms. The Balaban J connectivity index is 1.71. The third-order valence-corrected chi connectivity index (χ3v) is 10.7. The molecule has 1 atom stereocenters. The zero-order chi connectivity index (χ0) is 24.9. The van der Waals surface area contributed by atoms with Crippen molar-refractivity contribution in [2.75, 3.05) is 6.61 Å². The molecule has 0 aromatic heterocycles. The molecular formula is C26H33FN2O4Si. The predicted octanol–water partition coefficient (Wildman–Crippen LogP) is 6.44. The first-order valence-electron chi connectivity index (χ1n) is 11.5. The average molecular weight is 485 g/mol. The van der Waals surface area contributed by atoms with Gasteiger partial charge in [-0.05, 0) is 54.2 Å². The summed E-state index contributed by atoms with van der Waals surface area (Å²) in [5.74, 6) is -0.622. The maximum atomic E-state index is 13.5. The lowest BCUT2D eigenvalue weighted by molar-refractivity contribution is -0.129. The van der Waals surface area contributed by atoms with E-state index in [0.717, 1.165) is 11.1 Å². The van der Waals surface area contributed by atoms with E-state index in [0.29, 0.717) is 18.6 Å². The van der Waals surface area contributed by atoms with Crippen LogP contribution in [0.4, 0.5) is 9.18 Å². The van der Waals surface area contributed by atoms with Gasteiger partial charge < -0.3 is 9.26 Å². The predicted molar refractivity (Wildman–Crippen MR) is 132 cm³/mol. The Morgan fingerprint density at radius 2 is 1.76 bits per heavy atom. The number of carbonyl (C=O) groups excluding carboxylic acids is 2. The summed E-state index contributed by atoms with van der Waals surface area (Å²) in [7, 11) is -2.15. The number of carbonyl (C=O) groups is 2. The quantitative estimate of drug-likeness (QED) is 0.246. The Hall–Kier alpha value is -3.00. The van der Waals surface area contributed by atoms with Gasteiger partial charge >= 0.3 is 6.09 Å². The summed E-state index contributed by atoms with van der Waals surface area (Å²) < 4.78 is 24.7. The Morgan fingerprint density at radius 3 is 2.38 bits per heavy atom. The van der Waals surface area contributed by atoms with Gasteiger partial charge in [-0.1, -0.05) is 63.2 Å². The molecule has 1 fully saturated rings. The summed E-state index contributed by atoms with van der Waals surface area (Å²) in [6.07, 6.45) is 0.442. The molecule has 1 aliphatic heterocycles. The Bertz CT molecular complexity index is 1030. The molecule has 34 heavy (non-hydrogen) atoms. The van der Waals surface area contributed by atoms with Gasteiger partial charge in [-0.2, -0.15) is 0 Å². The van der Waals surface area contributed by atoms with Crippen molar-refractivity contribution in [1.29, 1.82) is 0 Å². The largest absolute Gasteiger partial charge is 0.455 e. The van der Waals surface area contributed by atoms with Crippen molar-refractivity contribution in [1.82, 2.24) is 4.90 Å². The van der Waals surface area contributed by atoms with Gasteiger partial charge in [0.15, 0.2) is 0 Å². The summed E-state index contributed by atoms with van der Waals surface area (Å²) in [4.78, 5) is 26.4. The molecule has 0 aliphatic carbocycles. The van der Waals surface area contributed by atoms with Crippen molar-refractivity contribution < 1.29 is 23.2 Å². The number of benzene rings is 2. The molecule has 1 saturated heterocycles. The first-order valence-corrected chi connectivity index (χ1v) is 14.5. The smallest absolute Gasteiger partial charge is 0.417 e. The first-order chi connectivity index (χ1) is 16.0. The SMILES string of the molecule is CC(C)(C)[Si](C)(C)O/N=C(/CCCC(=O)N1C(=O)OC[C@@H]1c1ccccc1)c1ccc(F)cc1. The standard InChI is InChI=1S/C26H33FN2O4Si/c1-26(2,3)34(4,5)33-28-22(19-14-16-21(27)17-15-19)12-9-13-24(30)29-23(18-32-25(29)31)20-10-7-6-8-11-20/h6-8,10-11,14-17,23H,9,12-13,18H2,1-5H3/b28-22-/t23-/m1/s1. The maximum Gasteiger partial charge on any atom is 0.417 e. The van der Waals surface area contributed by atoms with E-state index in [2.05, 4.69) is 39.0 Å². The number of imide groups is 1. The van der Waals surface area contributed by atoms with Gasteiger partial charge in [0.05, 0.1) is 5.71 Å². The van der Waals surface area contributed by atoms with Crippen molar-refractivity contribution in [2.24, 2.45) is 5.16 Å². The second-order valence-corrected chi connectivity index (χ2v) is 14.7. The summed E-state index contributed by atoms with van der Waals surface area (Å²) in [6, 6.07) is 15.0. The molecule has 182 valence electrons. The highest BCUT2D eigenvalue weighted by atomic mass is 28.4. The van der Waals surface area contributed by atoms with E-state index in [9.17, 15) is 14.0 Å². The third-order valence-electron chi connectivity index (χ3n) is 6.50. The van der Waals surface area contributed by atoms with Crippen LogP contribution in [-0.2, 0) is 14.1 Å². The number of hydrogen-bond acceptors (Lipinski definition) is 5. The van der Waals surface area contributed by atoms with Crippen molar-refractivity contribution in [2.45, 2.75) is 64.2 Å². The molecule has 6 nitrogen and oxygen atoms in total. The second-order valence-electron chi connectivity index (χ2n) is 10.0. The van der Waals surface area contributed by atoms with Gasteiger partial charge in [-0.25, -0.2) is 14.1 Å². The van der Waals surface area contributed by atoms with E-state index in [1.165, 1.54) is 17.0 Å². The van der Waals surface area contributed by atoms with Crippen LogP contribution in [0.3, 0.4) is 0 Å². The van der Waals surface area contributed by atoms with E-state index in [1.54, 1.807) is 12.1 Å². The van der Waals surface area contributed by atoms with Gasteiger partial charge in [-0.15, -0.1) is 5.16 Å². The fourth-order valence-electron chi connectivity index (χ4n) is 3.34. The van der Waals surface area contributed by atoms with Gasteiger partial charge in [0, 0.05) is 6.42 Å². The van der Waals surface area contributed by atoms with Crippen LogP contribution < -0.4 is 0 Å². The molecule has 0 N–H and O–H groups in total. The Kier molecular flexibility index (Phi) is 7.92. The zero-order valence-electron chi connectivity index (χ0n) is 20.5. The molecule has 0 bridgehead atoms. The number of hydrogen-bond donors (Lipinski definition) is 0. The van der Waals surface area contributed by atoms with E-state index >= 15 is 0 Å².